The Kier molecular flexibility index (Phi) is 5.71. The summed E-state index contributed by atoms with van der Waals surface area (Å²) >= 11 is 0. The summed E-state index contributed by atoms with van der Waals surface area (Å²) in [5.74, 6) is 0.0946. The lowest BCUT2D eigenvalue weighted by molar-refractivity contribution is -0.145. The van der Waals surface area contributed by atoms with Gasteiger partial charge in [-0.2, -0.15) is 0 Å². The molecule has 1 aliphatic carbocycles. The van der Waals surface area contributed by atoms with E-state index in [1.54, 1.807) is 0 Å². The van der Waals surface area contributed by atoms with E-state index >= 15 is 0 Å². The molecular weight excluding hydrogens is 314 g/mol. The molecule has 2 saturated heterocycles. The zero-order valence-corrected chi connectivity index (χ0v) is 16.2. The van der Waals surface area contributed by atoms with Crippen LogP contribution < -0.4 is 5.32 Å². The van der Waals surface area contributed by atoms with Crippen molar-refractivity contribution in [3.05, 3.63) is 0 Å². The number of nitrogens with one attached hydrogen (secondary N) is 1. The van der Waals surface area contributed by atoms with Crippen molar-refractivity contribution in [2.24, 2.45) is 0 Å². The van der Waals surface area contributed by atoms with Gasteiger partial charge in [0.05, 0.1) is 0 Å². The Morgan fingerprint density at radius 3 is 2.20 bits per heavy atom. The molecule has 2 heterocycles. The molecule has 0 spiro atoms. The summed E-state index contributed by atoms with van der Waals surface area (Å²) < 4.78 is 0. The molecule has 1 N–H and O–H groups in total. The van der Waals surface area contributed by atoms with E-state index in [2.05, 4.69) is 29.0 Å². The molecule has 0 radical (unpaired) electrons. The maximum absolute atomic E-state index is 13.4. The summed E-state index contributed by atoms with van der Waals surface area (Å²) in [6, 6.07) is 1.71. The fourth-order valence-electron chi connectivity index (χ4n) is 5.50. The van der Waals surface area contributed by atoms with Gasteiger partial charge in [-0.1, -0.05) is 19.3 Å². The zero-order chi connectivity index (χ0) is 18.0. The summed E-state index contributed by atoms with van der Waals surface area (Å²) in [5.41, 5.74) is -0.645. The number of hydrogen-bond donors (Lipinski definition) is 1. The Hall–Kier alpha value is -1.10. The Bertz CT molecular complexity index is 491. The third kappa shape index (κ3) is 3.86. The molecule has 25 heavy (non-hydrogen) atoms. The predicted molar refractivity (Wildman–Crippen MR) is 99.2 cm³/mol. The van der Waals surface area contributed by atoms with Gasteiger partial charge in [-0.15, -0.1) is 0 Å². The monoisotopic (exact) mass is 349 g/mol. The smallest absolute Gasteiger partial charge is 0.248 e. The molecule has 0 aromatic heterocycles. The van der Waals surface area contributed by atoms with Crippen LogP contribution in [0.25, 0.3) is 0 Å². The molecule has 2 amide bonds. The largest absolute Gasteiger partial charge is 0.342 e. The maximum Gasteiger partial charge on any atom is 0.248 e. The van der Waals surface area contributed by atoms with Crippen molar-refractivity contribution in [2.75, 3.05) is 13.1 Å². The Balaban J connectivity index is 1.73. The first-order chi connectivity index (χ1) is 11.9. The second-order valence-corrected chi connectivity index (χ2v) is 8.59. The van der Waals surface area contributed by atoms with Gasteiger partial charge in [-0.3, -0.25) is 14.5 Å². The minimum atomic E-state index is -0.645. The van der Waals surface area contributed by atoms with Crippen molar-refractivity contribution < 1.29 is 9.59 Å². The Morgan fingerprint density at radius 1 is 0.960 bits per heavy atom. The third-order valence-electron chi connectivity index (χ3n) is 6.66. The molecule has 0 bridgehead atoms. The summed E-state index contributed by atoms with van der Waals surface area (Å²) in [6.07, 6.45) is 9.61. The van der Waals surface area contributed by atoms with Crippen molar-refractivity contribution in [1.82, 2.24) is 15.1 Å². The van der Waals surface area contributed by atoms with Crippen LogP contribution in [0.3, 0.4) is 0 Å². The highest BCUT2D eigenvalue weighted by Gasteiger charge is 2.45. The van der Waals surface area contributed by atoms with Crippen molar-refractivity contribution in [2.45, 2.75) is 102 Å². The van der Waals surface area contributed by atoms with Gasteiger partial charge in [0.1, 0.15) is 5.54 Å². The van der Waals surface area contributed by atoms with E-state index in [9.17, 15) is 9.59 Å². The van der Waals surface area contributed by atoms with Crippen LogP contribution in [0.1, 0.15) is 78.6 Å². The standard InChI is InChI=1S/C20H35N3O2/c1-15-9-10-16(2)23(15)18-8-7-13-22(14-18)19(25)20(21-17(3)24)11-5-4-6-12-20/h15-16,18H,4-14H2,1-3H3,(H,21,24). The van der Waals surface area contributed by atoms with E-state index in [4.69, 9.17) is 0 Å². The van der Waals surface area contributed by atoms with Gasteiger partial charge >= 0.3 is 0 Å². The summed E-state index contributed by atoms with van der Waals surface area (Å²) in [6.45, 7) is 7.85. The van der Waals surface area contributed by atoms with Gasteiger partial charge in [0, 0.05) is 38.1 Å². The highest BCUT2D eigenvalue weighted by Crippen LogP contribution is 2.33. The SMILES string of the molecule is CC(=O)NC1(C(=O)N2CCCC(N3C(C)CCC3C)C2)CCCCC1. The summed E-state index contributed by atoms with van der Waals surface area (Å²) in [5, 5.41) is 3.05. The lowest BCUT2D eigenvalue weighted by Gasteiger charge is -2.45. The second kappa shape index (κ2) is 7.65. The molecule has 3 atom stereocenters. The number of amides is 2. The van der Waals surface area contributed by atoms with E-state index < -0.39 is 5.54 Å². The molecular formula is C20H35N3O2. The van der Waals surface area contributed by atoms with E-state index in [1.807, 2.05) is 0 Å². The van der Waals surface area contributed by atoms with Crippen LogP contribution >= 0.6 is 0 Å². The molecule has 3 aliphatic rings. The van der Waals surface area contributed by atoms with Crippen LogP contribution in [0.4, 0.5) is 0 Å². The van der Waals surface area contributed by atoms with Gasteiger partial charge in [0.15, 0.2) is 0 Å². The normalized spacial score (nSPS) is 33.2. The van der Waals surface area contributed by atoms with Crippen LogP contribution in [0.15, 0.2) is 0 Å². The first kappa shape index (κ1) is 18.7. The van der Waals surface area contributed by atoms with E-state index in [0.29, 0.717) is 18.1 Å². The van der Waals surface area contributed by atoms with Crippen molar-refractivity contribution in [1.29, 1.82) is 0 Å². The van der Waals surface area contributed by atoms with Crippen LogP contribution in [-0.2, 0) is 9.59 Å². The van der Waals surface area contributed by atoms with Crippen molar-refractivity contribution in [3.63, 3.8) is 0 Å². The van der Waals surface area contributed by atoms with Gasteiger partial charge in [0.25, 0.3) is 0 Å². The number of piperidine rings is 1. The van der Waals surface area contributed by atoms with Crippen LogP contribution in [0.5, 0.6) is 0 Å². The van der Waals surface area contributed by atoms with Gasteiger partial charge in [0.2, 0.25) is 11.8 Å². The minimum absolute atomic E-state index is 0.0782. The van der Waals surface area contributed by atoms with Crippen LogP contribution in [0.2, 0.25) is 0 Å². The lowest BCUT2D eigenvalue weighted by Crippen LogP contribution is -2.63. The maximum atomic E-state index is 13.4. The van der Waals surface area contributed by atoms with Gasteiger partial charge in [-0.25, -0.2) is 0 Å². The van der Waals surface area contributed by atoms with Gasteiger partial charge in [-0.05, 0) is 52.4 Å². The highest BCUT2D eigenvalue weighted by atomic mass is 16.2. The zero-order valence-electron chi connectivity index (χ0n) is 16.2. The Morgan fingerprint density at radius 2 is 1.60 bits per heavy atom. The average molecular weight is 350 g/mol. The van der Waals surface area contributed by atoms with E-state index in [-0.39, 0.29) is 11.8 Å². The van der Waals surface area contributed by atoms with Crippen molar-refractivity contribution >= 4 is 11.8 Å². The molecule has 3 fully saturated rings. The molecule has 2 aliphatic heterocycles. The van der Waals surface area contributed by atoms with Crippen LogP contribution in [-0.4, -0.2) is 58.4 Å². The first-order valence-electron chi connectivity index (χ1n) is 10.3. The first-order valence-corrected chi connectivity index (χ1v) is 10.3. The molecule has 1 saturated carbocycles. The second-order valence-electron chi connectivity index (χ2n) is 8.59. The molecule has 3 unspecified atom stereocenters. The lowest BCUT2D eigenvalue weighted by atomic mass is 9.80. The molecule has 5 heteroatoms. The summed E-state index contributed by atoms with van der Waals surface area (Å²) in [7, 11) is 0. The number of nitrogens with zero attached hydrogens (tertiary/aromatic N) is 2. The number of rotatable bonds is 3. The molecule has 0 aromatic carbocycles. The van der Waals surface area contributed by atoms with Crippen molar-refractivity contribution in [3.8, 4) is 0 Å². The van der Waals surface area contributed by atoms with E-state index in [1.165, 1.54) is 32.6 Å². The predicted octanol–water partition coefficient (Wildman–Crippen LogP) is 2.69. The van der Waals surface area contributed by atoms with E-state index in [0.717, 1.165) is 45.2 Å². The third-order valence-corrected chi connectivity index (χ3v) is 6.66. The Labute approximate surface area is 152 Å². The fourth-order valence-corrected chi connectivity index (χ4v) is 5.50. The number of likely N-dealkylation sites (tertiary alicyclic amines) is 2. The quantitative estimate of drug-likeness (QED) is 0.852. The van der Waals surface area contributed by atoms with Gasteiger partial charge < -0.3 is 10.2 Å². The topological polar surface area (TPSA) is 52.7 Å². The number of carbonyl (C=O) groups excluding carboxylic acids is 2. The fraction of sp³-hybridized carbons (Fsp3) is 0.900. The van der Waals surface area contributed by atoms with Crippen LogP contribution in [0, 0.1) is 0 Å². The molecule has 142 valence electrons. The highest BCUT2D eigenvalue weighted by molar-refractivity contribution is 5.91. The number of hydrogen-bond acceptors (Lipinski definition) is 3. The molecule has 3 rings (SSSR count). The minimum Gasteiger partial charge on any atom is -0.342 e. The average Bonchev–Trinajstić information content (AvgIpc) is 2.93. The molecule has 0 aromatic rings. The number of carbonyl (C=O) groups is 2. The summed E-state index contributed by atoms with van der Waals surface area (Å²) in [4.78, 5) is 29.9. The molecule has 5 nitrogen and oxygen atoms in total.